The molecule has 18 heavy (non-hydrogen) atoms. The van der Waals surface area contributed by atoms with Crippen LogP contribution < -0.4 is 10.6 Å². The summed E-state index contributed by atoms with van der Waals surface area (Å²) in [5.74, 6) is 0.812. The van der Waals surface area contributed by atoms with Crippen molar-refractivity contribution in [1.82, 2.24) is 15.2 Å². The number of nitrogens with two attached hydrogens (primary N) is 1. The van der Waals surface area contributed by atoms with Crippen LogP contribution >= 0.6 is 0 Å². The maximum Gasteiger partial charge on any atom is 0.151 e. The first-order chi connectivity index (χ1) is 8.66. The van der Waals surface area contributed by atoms with Crippen molar-refractivity contribution in [2.24, 2.45) is 5.73 Å². The monoisotopic (exact) mass is 243 g/mol. The third-order valence-electron chi connectivity index (χ3n) is 2.53. The average Bonchev–Trinajstić information content (AvgIpc) is 2.39. The Morgan fingerprint density at radius 2 is 2.00 bits per heavy atom. The molecule has 0 aromatic carbocycles. The minimum Gasteiger partial charge on any atom is -0.357 e. The maximum absolute atomic E-state index is 5.75. The van der Waals surface area contributed by atoms with Crippen molar-refractivity contribution in [3.63, 3.8) is 0 Å². The molecule has 0 spiro atoms. The molecule has 2 aromatic rings. The van der Waals surface area contributed by atoms with Gasteiger partial charge in [0, 0.05) is 25.8 Å². The van der Waals surface area contributed by atoms with E-state index in [9.17, 15) is 0 Å². The summed E-state index contributed by atoms with van der Waals surface area (Å²) in [4.78, 5) is 6.22. The minimum absolute atomic E-state index is 0.104. The van der Waals surface area contributed by atoms with E-state index in [1.807, 2.05) is 49.2 Å². The van der Waals surface area contributed by atoms with Gasteiger partial charge in [-0.1, -0.05) is 6.07 Å². The molecule has 0 aliphatic carbocycles. The Hall–Kier alpha value is -2.01. The summed E-state index contributed by atoms with van der Waals surface area (Å²) in [6.45, 7) is 2.71. The van der Waals surface area contributed by atoms with Crippen LogP contribution in [0.2, 0.25) is 0 Å². The topological polar surface area (TPSA) is 67.9 Å². The van der Waals surface area contributed by atoms with E-state index in [1.54, 1.807) is 6.20 Å². The molecule has 1 unspecified atom stereocenters. The van der Waals surface area contributed by atoms with E-state index in [4.69, 9.17) is 5.73 Å². The quantitative estimate of drug-likeness (QED) is 0.877. The Morgan fingerprint density at radius 1 is 1.17 bits per heavy atom. The Morgan fingerprint density at radius 3 is 2.56 bits per heavy atom. The predicted molar refractivity (Wildman–Crippen MR) is 72.2 cm³/mol. The largest absolute Gasteiger partial charge is 0.357 e. The number of nitrogens with zero attached hydrogens (tertiary/aromatic N) is 4. The summed E-state index contributed by atoms with van der Waals surface area (Å²) in [5.41, 5.74) is 7.35. The Labute approximate surface area is 107 Å². The van der Waals surface area contributed by atoms with Gasteiger partial charge in [-0.25, -0.2) is 0 Å². The number of pyridine rings is 1. The number of hydrogen-bond donors (Lipinski definition) is 1. The highest BCUT2D eigenvalue weighted by Crippen LogP contribution is 2.15. The molecule has 2 rings (SSSR count). The molecule has 0 radical (unpaired) electrons. The van der Waals surface area contributed by atoms with Crippen LogP contribution in [0.1, 0.15) is 6.92 Å². The number of rotatable bonds is 4. The number of likely N-dealkylation sites (N-methyl/N-ethyl adjacent to an activating group) is 1. The molecule has 0 saturated carbocycles. The van der Waals surface area contributed by atoms with Crippen LogP contribution in [0.15, 0.2) is 36.5 Å². The smallest absolute Gasteiger partial charge is 0.151 e. The number of hydrogen-bond acceptors (Lipinski definition) is 5. The summed E-state index contributed by atoms with van der Waals surface area (Å²) in [6.07, 6.45) is 1.74. The van der Waals surface area contributed by atoms with Gasteiger partial charge in [-0.05, 0) is 31.2 Å². The average molecular weight is 243 g/mol. The van der Waals surface area contributed by atoms with Gasteiger partial charge < -0.3 is 10.6 Å². The van der Waals surface area contributed by atoms with Crippen molar-refractivity contribution in [3.8, 4) is 11.4 Å². The molecule has 2 aromatic heterocycles. The predicted octanol–water partition coefficient (Wildman–Crippen LogP) is 1.32. The number of anilines is 1. The van der Waals surface area contributed by atoms with Gasteiger partial charge in [0.15, 0.2) is 5.82 Å². The van der Waals surface area contributed by atoms with Crippen molar-refractivity contribution >= 4 is 5.82 Å². The molecule has 0 saturated heterocycles. The fourth-order valence-corrected chi connectivity index (χ4v) is 1.71. The second kappa shape index (κ2) is 5.55. The van der Waals surface area contributed by atoms with Crippen molar-refractivity contribution in [2.75, 3.05) is 18.5 Å². The zero-order chi connectivity index (χ0) is 13.0. The van der Waals surface area contributed by atoms with Crippen molar-refractivity contribution in [2.45, 2.75) is 13.0 Å². The molecule has 0 fully saturated rings. The van der Waals surface area contributed by atoms with Gasteiger partial charge in [-0.3, -0.25) is 4.98 Å². The third kappa shape index (κ3) is 3.01. The number of aromatic nitrogens is 3. The molecular weight excluding hydrogens is 226 g/mol. The zero-order valence-electron chi connectivity index (χ0n) is 10.6. The molecule has 0 bridgehead atoms. The lowest BCUT2D eigenvalue weighted by Gasteiger charge is -2.19. The summed E-state index contributed by atoms with van der Waals surface area (Å²) < 4.78 is 0. The highest BCUT2D eigenvalue weighted by molar-refractivity contribution is 5.54. The van der Waals surface area contributed by atoms with Gasteiger partial charge in [-0.2, -0.15) is 0 Å². The van der Waals surface area contributed by atoms with E-state index in [2.05, 4.69) is 15.2 Å². The van der Waals surface area contributed by atoms with E-state index in [0.717, 1.165) is 23.8 Å². The van der Waals surface area contributed by atoms with Crippen LogP contribution in [0.3, 0.4) is 0 Å². The lowest BCUT2D eigenvalue weighted by Crippen LogP contribution is -2.33. The standard InChI is InChI=1S/C13H17N5/c1-10(14)9-18(2)13-7-6-12(16-17-13)11-5-3-4-8-15-11/h3-8,10H,9,14H2,1-2H3. The van der Waals surface area contributed by atoms with Crippen molar-refractivity contribution < 1.29 is 0 Å². The second-order valence-electron chi connectivity index (χ2n) is 4.35. The van der Waals surface area contributed by atoms with Crippen LogP contribution in [0.5, 0.6) is 0 Å². The van der Waals surface area contributed by atoms with E-state index >= 15 is 0 Å². The summed E-state index contributed by atoms with van der Waals surface area (Å²) >= 11 is 0. The van der Waals surface area contributed by atoms with Gasteiger partial charge in [0.2, 0.25) is 0 Å². The van der Waals surface area contributed by atoms with Gasteiger partial charge in [-0.15, -0.1) is 10.2 Å². The molecular formula is C13H17N5. The third-order valence-corrected chi connectivity index (χ3v) is 2.53. The van der Waals surface area contributed by atoms with Crippen molar-refractivity contribution in [3.05, 3.63) is 36.5 Å². The fourth-order valence-electron chi connectivity index (χ4n) is 1.71. The summed E-state index contributed by atoms with van der Waals surface area (Å²) in [5, 5.41) is 8.37. The van der Waals surface area contributed by atoms with E-state index < -0.39 is 0 Å². The molecule has 5 heteroatoms. The minimum atomic E-state index is 0.104. The van der Waals surface area contributed by atoms with Gasteiger partial charge >= 0.3 is 0 Å². The normalized spacial score (nSPS) is 12.2. The molecule has 2 heterocycles. The molecule has 2 N–H and O–H groups in total. The molecule has 0 aliphatic heterocycles. The molecule has 1 atom stereocenters. The van der Waals surface area contributed by atoms with E-state index in [1.165, 1.54) is 0 Å². The molecule has 0 amide bonds. The first-order valence-corrected chi connectivity index (χ1v) is 5.88. The van der Waals surface area contributed by atoms with Crippen LogP contribution in [-0.2, 0) is 0 Å². The van der Waals surface area contributed by atoms with Gasteiger partial charge in [0.1, 0.15) is 5.69 Å². The lowest BCUT2D eigenvalue weighted by atomic mass is 10.2. The van der Waals surface area contributed by atoms with Crippen molar-refractivity contribution in [1.29, 1.82) is 0 Å². The highest BCUT2D eigenvalue weighted by Gasteiger charge is 2.06. The van der Waals surface area contributed by atoms with Crippen LogP contribution in [0, 0.1) is 0 Å². The fraction of sp³-hybridized carbons (Fsp3) is 0.308. The van der Waals surface area contributed by atoms with Crippen LogP contribution in [0.4, 0.5) is 5.82 Å². The van der Waals surface area contributed by atoms with E-state index in [0.29, 0.717) is 0 Å². The first kappa shape index (κ1) is 12.4. The molecule has 5 nitrogen and oxygen atoms in total. The Bertz CT molecular complexity index is 480. The lowest BCUT2D eigenvalue weighted by molar-refractivity contribution is 0.708. The van der Waals surface area contributed by atoms with Crippen LogP contribution in [0.25, 0.3) is 11.4 Å². The van der Waals surface area contributed by atoms with Gasteiger partial charge in [0.05, 0.1) is 5.69 Å². The molecule has 0 aliphatic rings. The Balaban J connectivity index is 2.15. The summed E-state index contributed by atoms with van der Waals surface area (Å²) in [7, 11) is 1.95. The highest BCUT2D eigenvalue weighted by atomic mass is 15.2. The summed E-state index contributed by atoms with van der Waals surface area (Å²) in [6, 6.07) is 9.67. The SMILES string of the molecule is CC(N)CN(C)c1ccc(-c2ccccn2)nn1. The maximum atomic E-state index is 5.75. The first-order valence-electron chi connectivity index (χ1n) is 5.88. The van der Waals surface area contributed by atoms with Gasteiger partial charge in [0.25, 0.3) is 0 Å². The Kier molecular flexibility index (Phi) is 3.84. The van der Waals surface area contributed by atoms with E-state index in [-0.39, 0.29) is 6.04 Å². The second-order valence-corrected chi connectivity index (χ2v) is 4.35. The van der Waals surface area contributed by atoms with Crippen LogP contribution in [-0.4, -0.2) is 34.8 Å². The molecule has 94 valence electrons. The zero-order valence-corrected chi connectivity index (χ0v) is 10.6.